The number of anilines is 1. The summed E-state index contributed by atoms with van der Waals surface area (Å²) in [6.45, 7) is 0.121. The molecule has 0 saturated carbocycles. The molecule has 164 valence electrons. The molecule has 4 rings (SSSR count). The second-order valence-corrected chi connectivity index (χ2v) is 7.83. The van der Waals surface area contributed by atoms with E-state index in [9.17, 15) is 14.4 Å². The number of nitrogens with one attached hydrogen (secondary N) is 2. The zero-order chi connectivity index (χ0) is 22.3. The van der Waals surface area contributed by atoms with Crippen molar-refractivity contribution in [2.75, 3.05) is 25.1 Å². The lowest BCUT2D eigenvalue weighted by Gasteiger charge is -2.26. The Morgan fingerprint density at radius 1 is 1.00 bits per heavy atom. The number of amides is 2. The van der Waals surface area contributed by atoms with Crippen molar-refractivity contribution < 1.29 is 28.6 Å². The van der Waals surface area contributed by atoms with E-state index in [4.69, 9.17) is 14.2 Å². The first-order valence-electron chi connectivity index (χ1n) is 9.86. The number of benzene rings is 2. The number of ether oxygens (including phenoxy) is 3. The van der Waals surface area contributed by atoms with E-state index in [2.05, 4.69) is 10.6 Å². The van der Waals surface area contributed by atoms with Crippen molar-refractivity contribution in [3.05, 3.63) is 76.5 Å². The molecule has 1 unspecified atom stereocenters. The monoisotopic (exact) mass is 452 g/mol. The Bertz CT molecular complexity index is 1100. The molecule has 0 spiro atoms. The summed E-state index contributed by atoms with van der Waals surface area (Å²) in [6.07, 6.45) is -0.332. The highest BCUT2D eigenvalue weighted by molar-refractivity contribution is 7.12. The van der Waals surface area contributed by atoms with Gasteiger partial charge in [0.05, 0.1) is 17.0 Å². The number of hydrogen-bond donors (Lipinski definition) is 2. The van der Waals surface area contributed by atoms with E-state index in [-0.39, 0.29) is 24.1 Å². The molecule has 3 aromatic rings. The molecule has 1 aliphatic rings. The molecule has 0 fully saturated rings. The maximum absolute atomic E-state index is 12.2. The van der Waals surface area contributed by atoms with Crippen molar-refractivity contribution >= 4 is 34.8 Å². The molecule has 0 saturated heterocycles. The second kappa shape index (κ2) is 9.97. The van der Waals surface area contributed by atoms with E-state index >= 15 is 0 Å². The summed E-state index contributed by atoms with van der Waals surface area (Å²) in [6, 6.07) is 17.1. The smallest absolute Gasteiger partial charge is 0.338 e. The summed E-state index contributed by atoms with van der Waals surface area (Å²) in [4.78, 5) is 36.8. The van der Waals surface area contributed by atoms with Gasteiger partial charge in [-0.2, -0.15) is 0 Å². The first-order valence-corrected chi connectivity index (χ1v) is 10.7. The maximum Gasteiger partial charge on any atom is 0.338 e. The highest BCUT2D eigenvalue weighted by atomic mass is 32.1. The summed E-state index contributed by atoms with van der Waals surface area (Å²) in [7, 11) is 0. The van der Waals surface area contributed by atoms with Gasteiger partial charge in [-0.25, -0.2) is 4.79 Å². The Kier molecular flexibility index (Phi) is 6.66. The van der Waals surface area contributed by atoms with E-state index in [1.54, 1.807) is 30.3 Å². The van der Waals surface area contributed by atoms with E-state index in [1.165, 1.54) is 23.5 Å². The zero-order valence-corrected chi connectivity index (χ0v) is 17.7. The molecule has 1 atom stereocenters. The molecule has 0 bridgehead atoms. The summed E-state index contributed by atoms with van der Waals surface area (Å²) in [5.74, 6) is -0.00787. The molecular weight excluding hydrogens is 432 g/mol. The Morgan fingerprint density at radius 3 is 2.53 bits per heavy atom. The minimum absolute atomic E-state index is 0.220. The van der Waals surface area contributed by atoms with Crippen molar-refractivity contribution in [1.82, 2.24) is 5.32 Å². The van der Waals surface area contributed by atoms with Gasteiger partial charge < -0.3 is 24.8 Å². The molecular formula is C23H20N2O6S. The van der Waals surface area contributed by atoms with Crippen LogP contribution in [0.15, 0.2) is 66.0 Å². The molecule has 1 aromatic heterocycles. The lowest BCUT2D eigenvalue weighted by atomic mass is 10.2. The Morgan fingerprint density at radius 2 is 1.78 bits per heavy atom. The molecule has 2 amide bonds. The van der Waals surface area contributed by atoms with Crippen LogP contribution < -0.4 is 20.1 Å². The number of fused-ring (bicyclic) bond motifs is 1. The molecule has 2 N–H and O–H groups in total. The van der Waals surface area contributed by atoms with Crippen LogP contribution in [0.5, 0.6) is 11.5 Å². The number of carbonyl (C=O) groups excluding carboxylic acids is 3. The van der Waals surface area contributed by atoms with Crippen molar-refractivity contribution in [1.29, 1.82) is 0 Å². The number of rotatable bonds is 7. The largest absolute Gasteiger partial charge is 0.486 e. The summed E-state index contributed by atoms with van der Waals surface area (Å²) in [5.41, 5.74) is 0.821. The summed E-state index contributed by atoms with van der Waals surface area (Å²) in [5, 5.41) is 7.23. The van der Waals surface area contributed by atoms with Crippen molar-refractivity contribution in [2.45, 2.75) is 6.10 Å². The predicted octanol–water partition coefficient (Wildman–Crippen LogP) is 3.11. The average Bonchev–Trinajstić information content (AvgIpc) is 3.37. The van der Waals surface area contributed by atoms with Crippen LogP contribution in [0.3, 0.4) is 0 Å². The van der Waals surface area contributed by atoms with E-state index < -0.39 is 18.5 Å². The number of esters is 1. The van der Waals surface area contributed by atoms with Gasteiger partial charge in [-0.15, -0.1) is 11.3 Å². The van der Waals surface area contributed by atoms with Gasteiger partial charge in [-0.3, -0.25) is 9.59 Å². The molecule has 1 aliphatic heterocycles. The van der Waals surface area contributed by atoms with Gasteiger partial charge >= 0.3 is 5.97 Å². The fraction of sp³-hybridized carbons (Fsp3) is 0.174. The lowest BCUT2D eigenvalue weighted by Crippen LogP contribution is -2.42. The lowest BCUT2D eigenvalue weighted by molar-refractivity contribution is -0.124. The van der Waals surface area contributed by atoms with Crippen LogP contribution >= 0.6 is 11.3 Å². The number of thiophene rings is 1. The Hall–Kier alpha value is -3.85. The number of carbonyl (C=O) groups is 3. The van der Waals surface area contributed by atoms with Crippen molar-refractivity contribution in [3.8, 4) is 11.5 Å². The van der Waals surface area contributed by atoms with Crippen LogP contribution in [0, 0.1) is 0 Å². The van der Waals surface area contributed by atoms with Crippen molar-refractivity contribution in [2.24, 2.45) is 0 Å². The minimum atomic E-state index is -0.637. The third-order valence-electron chi connectivity index (χ3n) is 4.55. The zero-order valence-electron chi connectivity index (χ0n) is 16.9. The van der Waals surface area contributed by atoms with Crippen LogP contribution in [0.4, 0.5) is 5.69 Å². The number of para-hydroxylation sites is 2. The predicted molar refractivity (Wildman–Crippen MR) is 118 cm³/mol. The molecule has 2 heterocycles. The Labute approximate surface area is 188 Å². The molecule has 0 aliphatic carbocycles. The second-order valence-electron chi connectivity index (χ2n) is 6.89. The van der Waals surface area contributed by atoms with Crippen LogP contribution in [-0.2, 0) is 9.53 Å². The fourth-order valence-corrected chi connectivity index (χ4v) is 3.57. The van der Waals surface area contributed by atoms with E-state index in [1.807, 2.05) is 23.6 Å². The number of hydrogen-bond acceptors (Lipinski definition) is 7. The first kappa shape index (κ1) is 21.4. The standard InChI is InChI=1S/C23H20N2O6S/c26-21(24-12-17-13-29-18-4-1-2-5-19(18)31-17)14-30-23(28)15-7-9-16(10-8-15)25-22(27)20-6-3-11-32-20/h1-11,17H,12-14H2,(H,24,26)(H,25,27). The van der Waals surface area contributed by atoms with Crippen LogP contribution in [-0.4, -0.2) is 43.6 Å². The van der Waals surface area contributed by atoms with E-state index in [0.717, 1.165) is 0 Å². The average molecular weight is 452 g/mol. The molecule has 2 aromatic carbocycles. The molecule has 0 radical (unpaired) electrons. The normalized spacial score (nSPS) is 14.3. The molecule has 9 heteroatoms. The van der Waals surface area contributed by atoms with Gasteiger partial charge in [0.2, 0.25) is 0 Å². The van der Waals surface area contributed by atoms with Gasteiger partial charge in [0.15, 0.2) is 18.1 Å². The van der Waals surface area contributed by atoms with Gasteiger partial charge in [-0.05, 0) is 47.8 Å². The highest BCUT2D eigenvalue weighted by Gasteiger charge is 2.21. The van der Waals surface area contributed by atoms with Gasteiger partial charge in [-0.1, -0.05) is 18.2 Å². The molecule has 32 heavy (non-hydrogen) atoms. The quantitative estimate of drug-likeness (QED) is 0.534. The topological polar surface area (TPSA) is 103 Å². The SMILES string of the molecule is O=C(COC(=O)c1ccc(NC(=O)c2cccs2)cc1)NCC1COc2ccccc2O1. The fourth-order valence-electron chi connectivity index (χ4n) is 2.95. The molecule has 8 nitrogen and oxygen atoms in total. The van der Waals surface area contributed by atoms with Gasteiger partial charge in [0, 0.05) is 5.69 Å². The summed E-state index contributed by atoms with van der Waals surface area (Å²) >= 11 is 1.34. The van der Waals surface area contributed by atoms with Crippen molar-refractivity contribution in [3.63, 3.8) is 0 Å². The summed E-state index contributed by atoms with van der Waals surface area (Å²) < 4.78 is 16.4. The maximum atomic E-state index is 12.2. The first-order chi connectivity index (χ1) is 15.6. The highest BCUT2D eigenvalue weighted by Crippen LogP contribution is 2.30. The van der Waals surface area contributed by atoms with Crippen LogP contribution in [0.2, 0.25) is 0 Å². The van der Waals surface area contributed by atoms with Crippen LogP contribution in [0.25, 0.3) is 0 Å². The third-order valence-corrected chi connectivity index (χ3v) is 5.42. The third kappa shape index (κ3) is 5.44. The van der Waals surface area contributed by atoms with Crippen LogP contribution in [0.1, 0.15) is 20.0 Å². The Balaban J connectivity index is 1.19. The minimum Gasteiger partial charge on any atom is -0.486 e. The van der Waals surface area contributed by atoms with Gasteiger partial charge in [0.1, 0.15) is 12.7 Å². The van der Waals surface area contributed by atoms with E-state index in [0.29, 0.717) is 28.7 Å². The van der Waals surface area contributed by atoms with Gasteiger partial charge in [0.25, 0.3) is 11.8 Å².